The third-order valence-corrected chi connectivity index (χ3v) is 3.38. The molecule has 0 unspecified atom stereocenters. The van der Waals surface area contributed by atoms with Gasteiger partial charge in [0.2, 0.25) is 5.91 Å². The molecule has 0 aromatic heterocycles. The number of nitrogens with one attached hydrogen (secondary N) is 1. The zero-order chi connectivity index (χ0) is 17.6. The number of hydrogen-bond acceptors (Lipinski definition) is 5. The number of ether oxygens (including phenoxy) is 2. The molecule has 1 rings (SSSR count). The number of methoxy groups -OCH3 is 1. The van der Waals surface area contributed by atoms with Gasteiger partial charge in [-0.2, -0.15) is 0 Å². The maximum atomic E-state index is 12.3. The van der Waals surface area contributed by atoms with E-state index in [2.05, 4.69) is 10.1 Å². The average Bonchev–Trinajstić information content (AvgIpc) is 2.39. The maximum Gasteiger partial charge on any atom is 0.410 e. The van der Waals surface area contributed by atoms with E-state index in [0.29, 0.717) is 19.4 Å². The van der Waals surface area contributed by atoms with Crippen molar-refractivity contribution >= 4 is 18.0 Å². The number of hydrogen-bond donors (Lipinski definition) is 1. The Morgan fingerprint density at radius 3 is 2.43 bits per heavy atom. The summed E-state index contributed by atoms with van der Waals surface area (Å²) in [4.78, 5) is 36.8. The molecule has 7 heteroatoms. The Labute approximate surface area is 137 Å². The van der Waals surface area contributed by atoms with Gasteiger partial charge in [0.05, 0.1) is 7.11 Å². The van der Waals surface area contributed by atoms with Crippen molar-refractivity contribution in [3.63, 3.8) is 0 Å². The van der Waals surface area contributed by atoms with Crippen LogP contribution in [0.3, 0.4) is 0 Å². The summed E-state index contributed by atoms with van der Waals surface area (Å²) in [6.07, 6.45) is 3.60. The Hall–Kier alpha value is -2.05. The number of carbonyl (C=O) groups excluding carboxylic acids is 3. The van der Waals surface area contributed by atoms with Gasteiger partial charge in [-0.05, 0) is 33.6 Å². The summed E-state index contributed by atoms with van der Waals surface area (Å²) in [5.41, 5.74) is -0.594. The number of rotatable bonds is 5. The Morgan fingerprint density at radius 2 is 2.00 bits per heavy atom. The third kappa shape index (κ3) is 5.92. The first-order valence-corrected chi connectivity index (χ1v) is 7.74. The average molecular weight is 326 g/mol. The van der Waals surface area contributed by atoms with Gasteiger partial charge in [-0.25, -0.2) is 9.59 Å². The van der Waals surface area contributed by atoms with Crippen LogP contribution in [0, 0.1) is 0 Å². The van der Waals surface area contributed by atoms with E-state index in [1.54, 1.807) is 26.8 Å². The second kappa shape index (κ2) is 7.99. The van der Waals surface area contributed by atoms with Crippen molar-refractivity contribution in [3.8, 4) is 0 Å². The molecule has 0 aromatic carbocycles. The topological polar surface area (TPSA) is 84.9 Å². The third-order valence-electron chi connectivity index (χ3n) is 3.38. The van der Waals surface area contributed by atoms with Crippen LogP contribution < -0.4 is 5.32 Å². The normalized spacial score (nSPS) is 19.0. The second-order valence-electron chi connectivity index (χ2n) is 6.38. The summed E-state index contributed by atoms with van der Waals surface area (Å²) in [6.45, 7) is 7.74. The molecule has 1 aliphatic heterocycles. The Morgan fingerprint density at radius 1 is 1.35 bits per heavy atom. The smallest absolute Gasteiger partial charge is 0.410 e. The predicted octanol–water partition coefficient (Wildman–Crippen LogP) is 1.62. The van der Waals surface area contributed by atoms with Gasteiger partial charge in [-0.1, -0.05) is 13.0 Å². The van der Waals surface area contributed by atoms with Gasteiger partial charge in [-0.15, -0.1) is 0 Å². The molecule has 7 nitrogen and oxygen atoms in total. The molecule has 0 aliphatic carbocycles. The molecule has 1 heterocycles. The van der Waals surface area contributed by atoms with Crippen molar-refractivity contribution in [2.75, 3.05) is 13.7 Å². The van der Waals surface area contributed by atoms with Crippen LogP contribution in [-0.4, -0.2) is 54.2 Å². The molecule has 1 N–H and O–H groups in total. The molecule has 130 valence electrons. The Bertz CT molecular complexity index is 481. The number of likely N-dealkylation sites (tertiary alicyclic amines) is 1. The van der Waals surface area contributed by atoms with Gasteiger partial charge in [-0.3, -0.25) is 9.69 Å². The zero-order valence-electron chi connectivity index (χ0n) is 14.4. The molecule has 0 bridgehead atoms. The number of carbonyl (C=O) groups is 3. The molecule has 1 fully saturated rings. The highest BCUT2D eigenvalue weighted by molar-refractivity contribution is 5.88. The highest BCUT2D eigenvalue weighted by Crippen LogP contribution is 2.21. The molecule has 2 atom stereocenters. The largest absolute Gasteiger partial charge is 0.466 e. The van der Waals surface area contributed by atoms with Crippen LogP contribution in [0.4, 0.5) is 4.79 Å². The van der Waals surface area contributed by atoms with E-state index in [1.807, 2.05) is 6.92 Å². The quantitative estimate of drug-likeness (QED) is 0.613. The monoisotopic (exact) mass is 326 g/mol. The fraction of sp³-hybridized carbons (Fsp3) is 0.688. The van der Waals surface area contributed by atoms with E-state index < -0.39 is 23.7 Å². The lowest BCUT2D eigenvalue weighted by atomic mass is 10.0. The number of esters is 1. The first kappa shape index (κ1) is 19.0. The van der Waals surface area contributed by atoms with Crippen molar-refractivity contribution in [1.82, 2.24) is 10.2 Å². The highest BCUT2D eigenvalue weighted by atomic mass is 16.6. The molecule has 2 amide bonds. The van der Waals surface area contributed by atoms with Gasteiger partial charge in [0.15, 0.2) is 0 Å². The lowest BCUT2D eigenvalue weighted by molar-refractivity contribution is -0.135. The standard InChI is InChI=1S/C16H26N2O5/c1-6-11(7-8-13(19)22-5)17-14(20)12-9-10-18(12)15(21)23-16(2,3)4/h7-8,11-12H,6,9-10H2,1-5H3,(H,17,20)/b8-7+/t11-,12-/m0/s1. The molecule has 0 saturated carbocycles. The molecular formula is C16H26N2O5. The van der Waals surface area contributed by atoms with Crippen LogP contribution in [0.2, 0.25) is 0 Å². The summed E-state index contributed by atoms with van der Waals surface area (Å²) in [6, 6.07) is -0.812. The molecule has 0 spiro atoms. The van der Waals surface area contributed by atoms with Gasteiger partial charge in [0, 0.05) is 18.7 Å². The summed E-state index contributed by atoms with van der Waals surface area (Å²) >= 11 is 0. The Balaban J connectivity index is 2.58. The number of nitrogens with zero attached hydrogens (tertiary/aromatic N) is 1. The fourth-order valence-electron chi connectivity index (χ4n) is 2.03. The van der Waals surface area contributed by atoms with Crippen LogP contribution in [0.5, 0.6) is 0 Å². The van der Waals surface area contributed by atoms with Crippen molar-refractivity contribution < 1.29 is 23.9 Å². The van der Waals surface area contributed by atoms with E-state index in [0.717, 1.165) is 0 Å². The van der Waals surface area contributed by atoms with Crippen LogP contribution in [0.1, 0.15) is 40.5 Å². The van der Waals surface area contributed by atoms with Gasteiger partial charge in [0.25, 0.3) is 0 Å². The van der Waals surface area contributed by atoms with E-state index in [-0.39, 0.29) is 11.9 Å². The minimum atomic E-state index is -0.594. The van der Waals surface area contributed by atoms with E-state index in [9.17, 15) is 14.4 Å². The van der Waals surface area contributed by atoms with E-state index >= 15 is 0 Å². The summed E-state index contributed by atoms with van der Waals surface area (Å²) < 4.78 is 9.80. The first-order valence-electron chi connectivity index (χ1n) is 7.74. The molecule has 0 radical (unpaired) electrons. The molecule has 0 aromatic rings. The lowest BCUT2D eigenvalue weighted by Crippen LogP contribution is -2.60. The van der Waals surface area contributed by atoms with Gasteiger partial charge < -0.3 is 14.8 Å². The minimum absolute atomic E-state index is 0.247. The molecule has 23 heavy (non-hydrogen) atoms. The van der Waals surface area contributed by atoms with Crippen LogP contribution in [0.25, 0.3) is 0 Å². The predicted molar refractivity (Wildman–Crippen MR) is 84.7 cm³/mol. The highest BCUT2D eigenvalue weighted by Gasteiger charge is 2.40. The lowest BCUT2D eigenvalue weighted by Gasteiger charge is -2.40. The summed E-state index contributed by atoms with van der Waals surface area (Å²) in [7, 11) is 1.29. The van der Waals surface area contributed by atoms with Gasteiger partial charge >= 0.3 is 12.1 Å². The van der Waals surface area contributed by atoms with Crippen molar-refractivity contribution in [2.45, 2.75) is 58.2 Å². The number of amides is 2. The minimum Gasteiger partial charge on any atom is -0.466 e. The van der Waals surface area contributed by atoms with Crippen LogP contribution in [-0.2, 0) is 19.1 Å². The van der Waals surface area contributed by atoms with Crippen molar-refractivity contribution in [2.24, 2.45) is 0 Å². The zero-order valence-corrected chi connectivity index (χ0v) is 14.4. The molecular weight excluding hydrogens is 300 g/mol. The van der Waals surface area contributed by atoms with Crippen molar-refractivity contribution in [1.29, 1.82) is 0 Å². The van der Waals surface area contributed by atoms with E-state index in [1.165, 1.54) is 18.1 Å². The van der Waals surface area contributed by atoms with Crippen LogP contribution in [0.15, 0.2) is 12.2 Å². The second-order valence-corrected chi connectivity index (χ2v) is 6.38. The van der Waals surface area contributed by atoms with Crippen LogP contribution >= 0.6 is 0 Å². The molecule has 1 aliphatic rings. The van der Waals surface area contributed by atoms with Gasteiger partial charge in [0.1, 0.15) is 11.6 Å². The van der Waals surface area contributed by atoms with E-state index in [4.69, 9.17) is 4.74 Å². The Kier molecular flexibility index (Phi) is 6.60. The molecule has 1 saturated heterocycles. The SMILES string of the molecule is CC[C@@H](/C=C/C(=O)OC)NC(=O)[C@@H]1CCN1C(=O)OC(C)(C)C. The first-order chi connectivity index (χ1) is 10.7. The summed E-state index contributed by atoms with van der Waals surface area (Å²) in [5, 5.41) is 2.81. The van der Waals surface area contributed by atoms with Crippen molar-refractivity contribution in [3.05, 3.63) is 12.2 Å². The maximum absolute atomic E-state index is 12.3. The fourth-order valence-corrected chi connectivity index (χ4v) is 2.03. The summed E-state index contributed by atoms with van der Waals surface area (Å²) in [5.74, 6) is -0.722.